The lowest BCUT2D eigenvalue weighted by Gasteiger charge is -2.24. The predicted octanol–water partition coefficient (Wildman–Crippen LogP) is 0.190. The fraction of sp³-hybridized carbons (Fsp3) is 0.308. The largest absolute Gasteiger partial charge is 0.481 e. The number of benzene rings is 1. The van der Waals surface area contributed by atoms with Crippen molar-refractivity contribution in [2.75, 3.05) is 30.3 Å². The summed E-state index contributed by atoms with van der Waals surface area (Å²) < 4.78 is 0. The van der Waals surface area contributed by atoms with E-state index >= 15 is 0 Å². The van der Waals surface area contributed by atoms with Crippen LogP contribution in [0.3, 0.4) is 0 Å². The van der Waals surface area contributed by atoms with Crippen LogP contribution in [0.5, 0.6) is 0 Å². The van der Waals surface area contributed by atoms with Gasteiger partial charge in [-0.3, -0.25) is 9.59 Å². The lowest BCUT2D eigenvalue weighted by molar-refractivity contribution is -0.136. The van der Waals surface area contributed by atoms with E-state index in [1.807, 2.05) is 0 Å². The number of nitrogens with zero attached hydrogens (tertiary/aromatic N) is 2. The van der Waals surface area contributed by atoms with Crippen LogP contribution < -0.4 is 16.0 Å². The van der Waals surface area contributed by atoms with E-state index in [0.717, 1.165) is 0 Å². The molecular weight excluding hydrogens is 260 g/mol. The molecule has 1 rings (SSSR count). The van der Waals surface area contributed by atoms with Gasteiger partial charge in [-0.2, -0.15) is 5.26 Å². The molecular formula is C13H16N4O3. The van der Waals surface area contributed by atoms with Crippen molar-refractivity contribution in [3.8, 4) is 6.07 Å². The number of aliphatic carboxylic acids is 1. The smallest absolute Gasteiger partial charge is 0.305 e. The molecule has 0 aromatic heterocycles. The van der Waals surface area contributed by atoms with E-state index in [1.54, 1.807) is 35.2 Å². The summed E-state index contributed by atoms with van der Waals surface area (Å²) >= 11 is 0. The Kier molecular flexibility index (Phi) is 5.84. The van der Waals surface area contributed by atoms with Gasteiger partial charge in [0, 0.05) is 6.54 Å². The number of rotatable bonds is 7. The summed E-state index contributed by atoms with van der Waals surface area (Å²) in [6, 6.07) is 8.71. The van der Waals surface area contributed by atoms with Crippen LogP contribution in [0.25, 0.3) is 0 Å². The first-order chi connectivity index (χ1) is 9.54. The van der Waals surface area contributed by atoms with E-state index in [1.165, 1.54) is 0 Å². The van der Waals surface area contributed by atoms with Gasteiger partial charge in [0.05, 0.1) is 30.4 Å². The summed E-state index contributed by atoms with van der Waals surface area (Å²) in [5.74, 6) is -1.32. The minimum absolute atomic E-state index is 0.0524. The molecule has 1 aromatic rings. The number of hydrogen-bond donors (Lipinski definition) is 3. The van der Waals surface area contributed by atoms with Crippen LogP contribution in [-0.4, -0.2) is 36.6 Å². The van der Waals surface area contributed by atoms with Gasteiger partial charge in [0.2, 0.25) is 5.91 Å². The normalized spacial score (nSPS) is 9.55. The summed E-state index contributed by atoms with van der Waals surface area (Å²) in [5.41, 5.74) is 6.89. The highest BCUT2D eigenvalue weighted by Gasteiger charge is 2.14. The van der Waals surface area contributed by atoms with E-state index in [-0.39, 0.29) is 32.0 Å². The number of carbonyl (C=O) groups is 2. The maximum Gasteiger partial charge on any atom is 0.305 e. The standard InChI is InChI=1S/C13H16N4O3/c14-6-7-16-12(18)9-17(8-5-13(19)20)11-4-2-1-3-10(11)15/h1-4H,5,7-9,15H2,(H,16,18)(H,19,20). The Labute approximate surface area is 116 Å². The van der Waals surface area contributed by atoms with Crippen LogP contribution in [0, 0.1) is 11.3 Å². The zero-order valence-corrected chi connectivity index (χ0v) is 10.9. The number of anilines is 2. The van der Waals surface area contributed by atoms with Crippen LogP contribution >= 0.6 is 0 Å². The van der Waals surface area contributed by atoms with Gasteiger partial charge in [0.25, 0.3) is 0 Å². The first-order valence-electron chi connectivity index (χ1n) is 5.99. The van der Waals surface area contributed by atoms with Crippen molar-refractivity contribution >= 4 is 23.3 Å². The molecule has 0 unspecified atom stereocenters. The van der Waals surface area contributed by atoms with Gasteiger partial charge in [0.15, 0.2) is 0 Å². The molecule has 0 aliphatic heterocycles. The first-order valence-corrected chi connectivity index (χ1v) is 5.99. The highest BCUT2D eigenvalue weighted by Crippen LogP contribution is 2.22. The van der Waals surface area contributed by atoms with Crippen molar-refractivity contribution in [3.63, 3.8) is 0 Å². The quantitative estimate of drug-likeness (QED) is 0.483. The predicted molar refractivity (Wildman–Crippen MR) is 73.9 cm³/mol. The number of para-hydroxylation sites is 2. The Balaban J connectivity index is 2.80. The van der Waals surface area contributed by atoms with Gasteiger partial charge in [0.1, 0.15) is 6.54 Å². The Hall–Kier alpha value is -2.75. The summed E-state index contributed by atoms with van der Waals surface area (Å²) in [5, 5.41) is 19.6. The molecule has 0 aliphatic carbocycles. The molecule has 0 bridgehead atoms. The van der Waals surface area contributed by atoms with Crippen LogP contribution in [0.1, 0.15) is 6.42 Å². The van der Waals surface area contributed by atoms with E-state index in [2.05, 4.69) is 5.32 Å². The second kappa shape index (κ2) is 7.63. The molecule has 7 heteroatoms. The van der Waals surface area contributed by atoms with Gasteiger partial charge in [-0.1, -0.05) is 12.1 Å². The molecule has 0 radical (unpaired) electrons. The van der Waals surface area contributed by atoms with Crippen LogP contribution in [0.2, 0.25) is 0 Å². The van der Waals surface area contributed by atoms with Gasteiger partial charge >= 0.3 is 5.97 Å². The molecule has 0 saturated heterocycles. The number of hydrogen-bond acceptors (Lipinski definition) is 5. The summed E-state index contributed by atoms with van der Waals surface area (Å²) in [4.78, 5) is 23.9. The van der Waals surface area contributed by atoms with Gasteiger partial charge in [-0.15, -0.1) is 0 Å². The highest BCUT2D eigenvalue weighted by molar-refractivity contribution is 5.83. The first kappa shape index (κ1) is 15.3. The minimum atomic E-state index is -0.957. The Bertz CT molecular complexity index is 525. The average molecular weight is 276 g/mol. The third-order valence-corrected chi connectivity index (χ3v) is 2.57. The molecule has 20 heavy (non-hydrogen) atoms. The van der Waals surface area contributed by atoms with E-state index in [9.17, 15) is 9.59 Å². The molecule has 0 aliphatic rings. The van der Waals surface area contributed by atoms with Crippen LogP contribution in [0.4, 0.5) is 11.4 Å². The van der Waals surface area contributed by atoms with Gasteiger partial charge in [-0.05, 0) is 12.1 Å². The summed E-state index contributed by atoms with van der Waals surface area (Å²) in [7, 11) is 0. The summed E-state index contributed by atoms with van der Waals surface area (Å²) in [6.45, 7) is 0.0164. The number of carboxylic acids is 1. The van der Waals surface area contributed by atoms with Crippen molar-refractivity contribution in [2.24, 2.45) is 0 Å². The van der Waals surface area contributed by atoms with Crippen molar-refractivity contribution in [2.45, 2.75) is 6.42 Å². The molecule has 1 aromatic carbocycles. The maximum atomic E-state index is 11.6. The molecule has 0 atom stereocenters. The number of nitrogens with one attached hydrogen (secondary N) is 1. The highest BCUT2D eigenvalue weighted by atomic mass is 16.4. The Morgan fingerprint density at radius 2 is 2.10 bits per heavy atom. The molecule has 4 N–H and O–H groups in total. The fourth-order valence-electron chi connectivity index (χ4n) is 1.66. The van der Waals surface area contributed by atoms with Crippen molar-refractivity contribution in [1.29, 1.82) is 5.26 Å². The average Bonchev–Trinajstić information content (AvgIpc) is 2.41. The monoisotopic (exact) mass is 276 g/mol. The molecule has 7 nitrogen and oxygen atoms in total. The Morgan fingerprint density at radius 3 is 2.70 bits per heavy atom. The number of nitriles is 1. The molecule has 0 saturated carbocycles. The number of carbonyl (C=O) groups excluding carboxylic acids is 1. The van der Waals surface area contributed by atoms with Crippen LogP contribution in [0.15, 0.2) is 24.3 Å². The zero-order chi connectivity index (χ0) is 15.0. The lowest BCUT2D eigenvalue weighted by atomic mass is 10.2. The molecule has 0 spiro atoms. The third kappa shape index (κ3) is 4.86. The SMILES string of the molecule is N#CCNC(=O)CN(CCC(=O)O)c1ccccc1N. The molecule has 1 amide bonds. The van der Waals surface area contributed by atoms with Crippen molar-refractivity contribution in [1.82, 2.24) is 5.32 Å². The zero-order valence-electron chi connectivity index (χ0n) is 10.9. The third-order valence-electron chi connectivity index (χ3n) is 2.57. The second-order valence-electron chi connectivity index (χ2n) is 4.06. The minimum Gasteiger partial charge on any atom is -0.481 e. The fourth-order valence-corrected chi connectivity index (χ4v) is 1.66. The molecule has 106 valence electrons. The number of amides is 1. The van der Waals surface area contributed by atoms with Crippen molar-refractivity contribution in [3.05, 3.63) is 24.3 Å². The van der Waals surface area contributed by atoms with E-state index < -0.39 is 5.97 Å². The van der Waals surface area contributed by atoms with Gasteiger partial charge in [-0.25, -0.2) is 0 Å². The number of nitrogen functional groups attached to an aromatic ring is 1. The number of carboxylic acid groups (broad SMARTS) is 1. The second-order valence-corrected chi connectivity index (χ2v) is 4.06. The van der Waals surface area contributed by atoms with Crippen molar-refractivity contribution < 1.29 is 14.7 Å². The van der Waals surface area contributed by atoms with Gasteiger partial charge < -0.3 is 21.1 Å². The van der Waals surface area contributed by atoms with E-state index in [4.69, 9.17) is 16.1 Å². The maximum absolute atomic E-state index is 11.6. The topological polar surface area (TPSA) is 119 Å². The molecule has 0 fully saturated rings. The Morgan fingerprint density at radius 1 is 1.40 bits per heavy atom. The van der Waals surface area contributed by atoms with Crippen LogP contribution in [-0.2, 0) is 9.59 Å². The number of nitrogens with two attached hydrogens (primary N) is 1. The molecule has 0 heterocycles. The van der Waals surface area contributed by atoms with E-state index in [0.29, 0.717) is 11.4 Å². The lowest BCUT2D eigenvalue weighted by Crippen LogP contribution is -2.38. The summed E-state index contributed by atoms with van der Waals surface area (Å²) in [6.07, 6.45) is -0.111.